The molecule has 28 heavy (non-hydrogen) atoms. The molecule has 3 rings (SSSR count). The van der Waals surface area contributed by atoms with E-state index < -0.39 is 23.6 Å². The molecule has 0 unspecified atom stereocenters. The second kappa shape index (κ2) is 8.26. The summed E-state index contributed by atoms with van der Waals surface area (Å²) in [7, 11) is 0. The van der Waals surface area contributed by atoms with Crippen LogP contribution in [0.4, 0.5) is 20.2 Å². The number of rotatable bonds is 6. The van der Waals surface area contributed by atoms with Crippen LogP contribution in [-0.4, -0.2) is 34.4 Å². The second-order valence-electron chi connectivity index (χ2n) is 6.15. The molecule has 1 N–H and O–H groups in total. The Morgan fingerprint density at radius 3 is 2.25 bits per heavy atom. The summed E-state index contributed by atoms with van der Waals surface area (Å²) in [5.41, 5.74) is 0.844. The Balaban J connectivity index is 1.79. The van der Waals surface area contributed by atoms with Gasteiger partial charge in [0.1, 0.15) is 17.7 Å². The van der Waals surface area contributed by atoms with Gasteiger partial charge in [-0.25, -0.2) is 8.78 Å². The molecule has 2 aromatic rings. The summed E-state index contributed by atoms with van der Waals surface area (Å²) in [6.07, 6.45) is 1.43. The Morgan fingerprint density at radius 1 is 1.11 bits per heavy atom. The lowest BCUT2D eigenvalue weighted by atomic mass is 10.1. The number of amides is 2. The number of benzene rings is 2. The minimum atomic E-state index is -0.823. The highest BCUT2D eigenvalue weighted by atomic mass is 32.1. The molecule has 0 bridgehead atoms. The minimum absolute atomic E-state index is 0.151. The zero-order valence-electron chi connectivity index (χ0n) is 14.8. The zero-order valence-corrected chi connectivity index (χ0v) is 15.6. The molecule has 8 heteroatoms. The van der Waals surface area contributed by atoms with Gasteiger partial charge in [0.05, 0.1) is 12.1 Å². The van der Waals surface area contributed by atoms with Crippen molar-refractivity contribution >= 4 is 40.5 Å². The molecule has 1 saturated heterocycles. The fourth-order valence-electron chi connectivity index (χ4n) is 2.93. The van der Waals surface area contributed by atoms with Gasteiger partial charge >= 0.3 is 0 Å². The monoisotopic (exact) mass is 401 g/mol. The number of anilines is 2. The van der Waals surface area contributed by atoms with Crippen molar-refractivity contribution in [1.82, 2.24) is 4.90 Å². The van der Waals surface area contributed by atoms with E-state index in [4.69, 9.17) is 12.2 Å². The molecule has 1 atom stereocenters. The van der Waals surface area contributed by atoms with Crippen molar-refractivity contribution < 1.29 is 18.4 Å². The summed E-state index contributed by atoms with van der Waals surface area (Å²) in [6.45, 7) is 3.94. The lowest BCUT2D eigenvalue weighted by Gasteiger charge is -2.22. The molecule has 0 aliphatic carbocycles. The molecule has 144 valence electrons. The van der Waals surface area contributed by atoms with Crippen LogP contribution in [0.25, 0.3) is 0 Å². The third-order valence-electron chi connectivity index (χ3n) is 4.24. The summed E-state index contributed by atoms with van der Waals surface area (Å²) >= 11 is 5.41. The average Bonchev–Trinajstić information content (AvgIpc) is 2.89. The van der Waals surface area contributed by atoms with Crippen molar-refractivity contribution in [2.75, 3.05) is 16.8 Å². The van der Waals surface area contributed by atoms with E-state index >= 15 is 0 Å². The Bertz CT molecular complexity index is 916. The maximum Gasteiger partial charge on any atom is 0.256 e. The quantitative estimate of drug-likeness (QED) is 0.595. The van der Waals surface area contributed by atoms with E-state index in [2.05, 4.69) is 11.9 Å². The van der Waals surface area contributed by atoms with Crippen molar-refractivity contribution in [3.05, 3.63) is 72.8 Å². The van der Waals surface area contributed by atoms with Crippen LogP contribution in [0.3, 0.4) is 0 Å². The number of nitrogens with zero attached hydrogens (tertiary/aromatic N) is 2. The Kier molecular flexibility index (Phi) is 5.79. The van der Waals surface area contributed by atoms with Crippen LogP contribution in [0.5, 0.6) is 0 Å². The maximum atomic E-state index is 13.2. The number of hydrogen-bond donors (Lipinski definition) is 1. The number of thiocarbonyl (C=S) groups is 1. The molecular formula is C20H17F2N3O2S. The van der Waals surface area contributed by atoms with Crippen molar-refractivity contribution in [1.29, 1.82) is 0 Å². The summed E-state index contributed by atoms with van der Waals surface area (Å²) in [5, 5.41) is 2.85. The van der Waals surface area contributed by atoms with Gasteiger partial charge in [0, 0.05) is 12.2 Å². The molecule has 2 aromatic carbocycles. The normalized spacial score (nSPS) is 16.4. The number of nitrogens with one attached hydrogen (secondary N) is 1. The third kappa shape index (κ3) is 4.07. The van der Waals surface area contributed by atoms with Crippen LogP contribution < -0.4 is 10.2 Å². The molecule has 0 saturated carbocycles. The summed E-state index contributed by atoms with van der Waals surface area (Å²) in [5.74, 6) is -1.64. The van der Waals surface area contributed by atoms with E-state index in [0.29, 0.717) is 11.4 Å². The molecule has 1 aliphatic heterocycles. The maximum absolute atomic E-state index is 13.2. The SMILES string of the molecule is C=CCN1C(=S)N(c2ccc(F)cc2)C(=O)[C@H]1CC(=O)Nc1ccc(F)cc1. The lowest BCUT2D eigenvalue weighted by molar-refractivity contribution is -0.124. The number of carbonyl (C=O) groups is 2. The molecule has 2 amide bonds. The van der Waals surface area contributed by atoms with Crippen LogP contribution in [0, 0.1) is 11.6 Å². The standard InChI is InChI=1S/C20H17F2N3O2S/c1-2-11-24-17(12-18(26)23-15-7-3-13(21)4-8-15)19(27)25(20(24)28)16-9-5-14(22)6-10-16/h2-10,17H,1,11-12H2,(H,23,26)/t17-/m1/s1. The van der Waals surface area contributed by atoms with Crippen LogP contribution in [-0.2, 0) is 9.59 Å². The van der Waals surface area contributed by atoms with Gasteiger partial charge in [0.15, 0.2) is 5.11 Å². The summed E-state index contributed by atoms with van der Waals surface area (Å²) in [6, 6.07) is 9.86. The van der Waals surface area contributed by atoms with Crippen molar-refractivity contribution in [3.63, 3.8) is 0 Å². The van der Waals surface area contributed by atoms with Crippen molar-refractivity contribution in [2.24, 2.45) is 0 Å². The van der Waals surface area contributed by atoms with E-state index in [1.54, 1.807) is 11.0 Å². The average molecular weight is 401 g/mol. The number of hydrogen-bond acceptors (Lipinski definition) is 3. The highest BCUT2D eigenvalue weighted by molar-refractivity contribution is 7.80. The predicted octanol–water partition coefficient (Wildman–Crippen LogP) is 3.48. The number of carbonyl (C=O) groups excluding carboxylic acids is 2. The van der Waals surface area contributed by atoms with E-state index in [0.717, 1.165) is 0 Å². The molecule has 0 aromatic heterocycles. The van der Waals surface area contributed by atoms with Gasteiger partial charge in [-0.2, -0.15) is 0 Å². The molecule has 1 heterocycles. The summed E-state index contributed by atoms with van der Waals surface area (Å²) in [4.78, 5) is 28.3. The Labute approximate surface area is 166 Å². The van der Waals surface area contributed by atoms with Crippen LogP contribution in [0.15, 0.2) is 61.2 Å². The molecule has 0 radical (unpaired) electrons. The van der Waals surface area contributed by atoms with Crippen LogP contribution in [0.1, 0.15) is 6.42 Å². The largest absolute Gasteiger partial charge is 0.332 e. The van der Waals surface area contributed by atoms with E-state index in [-0.39, 0.29) is 24.0 Å². The van der Waals surface area contributed by atoms with Gasteiger partial charge in [-0.3, -0.25) is 14.5 Å². The van der Waals surface area contributed by atoms with Crippen LogP contribution >= 0.6 is 12.2 Å². The first kappa shape index (κ1) is 19.6. The Morgan fingerprint density at radius 2 is 1.68 bits per heavy atom. The van der Waals surface area contributed by atoms with Gasteiger partial charge in [0.2, 0.25) is 5.91 Å². The van der Waals surface area contributed by atoms with E-state index in [1.165, 1.54) is 53.4 Å². The van der Waals surface area contributed by atoms with Gasteiger partial charge in [0.25, 0.3) is 5.91 Å². The molecule has 0 spiro atoms. The highest BCUT2D eigenvalue weighted by Gasteiger charge is 2.43. The van der Waals surface area contributed by atoms with Gasteiger partial charge in [-0.05, 0) is 60.7 Å². The topological polar surface area (TPSA) is 52.7 Å². The molecule has 1 aliphatic rings. The van der Waals surface area contributed by atoms with E-state index in [9.17, 15) is 18.4 Å². The first-order valence-corrected chi connectivity index (χ1v) is 8.88. The molecule has 1 fully saturated rings. The number of halogens is 2. The third-order valence-corrected chi connectivity index (χ3v) is 4.65. The van der Waals surface area contributed by atoms with Gasteiger partial charge < -0.3 is 10.2 Å². The van der Waals surface area contributed by atoms with Crippen molar-refractivity contribution in [3.8, 4) is 0 Å². The smallest absolute Gasteiger partial charge is 0.256 e. The van der Waals surface area contributed by atoms with Gasteiger partial charge in [-0.15, -0.1) is 6.58 Å². The Hall–Kier alpha value is -3.13. The highest BCUT2D eigenvalue weighted by Crippen LogP contribution is 2.27. The molecular weight excluding hydrogens is 384 g/mol. The van der Waals surface area contributed by atoms with Gasteiger partial charge in [-0.1, -0.05) is 6.08 Å². The van der Waals surface area contributed by atoms with Crippen LogP contribution in [0.2, 0.25) is 0 Å². The molecule has 5 nitrogen and oxygen atoms in total. The fourth-order valence-corrected chi connectivity index (χ4v) is 3.33. The zero-order chi connectivity index (χ0) is 20.3. The fraction of sp³-hybridized carbons (Fsp3) is 0.150. The first-order chi connectivity index (χ1) is 13.4. The first-order valence-electron chi connectivity index (χ1n) is 8.47. The minimum Gasteiger partial charge on any atom is -0.332 e. The lowest BCUT2D eigenvalue weighted by Crippen LogP contribution is -2.37. The van der Waals surface area contributed by atoms with Crippen molar-refractivity contribution in [2.45, 2.75) is 12.5 Å². The summed E-state index contributed by atoms with van der Waals surface area (Å²) < 4.78 is 26.2. The van der Waals surface area contributed by atoms with E-state index in [1.807, 2.05) is 0 Å². The predicted molar refractivity (Wildman–Crippen MR) is 107 cm³/mol. The second-order valence-corrected chi connectivity index (χ2v) is 6.51.